The lowest BCUT2D eigenvalue weighted by Crippen LogP contribution is -2.71. The Balaban J connectivity index is 2.44. The summed E-state index contributed by atoms with van der Waals surface area (Å²) in [5.74, 6) is -10.2. The molecule has 2 aliphatic heterocycles. The number of carbonyl (C=O) groups is 8. The van der Waals surface area contributed by atoms with Gasteiger partial charge in [-0.3, -0.25) is 39.4 Å². The smallest absolute Gasteiger partial charge is 0.277 e. The molecule has 0 aliphatic carbocycles. The van der Waals surface area contributed by atoms with Gasteiger partial charge in [-0.2, -0.15) is 0 Å². The number of imide groups is 4. The summed E-state index contributed by atoms with van der Waals surface area (Å²) in [7, 11) is 0. The number of nitrogens with one attached hydrogen (secondary N) is 2. The first-order chi connectivity index (χ1) is 9.25. The highest BCUT2D eigenvalue weighted by Crippen LogP contribution is 2.10. The second-order valence-electron chi connectivity index (χ2n) is 3.41. The van der Waals surface area contributed by atoms with Crippen LogP contribution in [0.1, 0.15) is 0 Å². The van der Waals surface area contributed by atoms with Crippen molar-refractivity contribution in [2.24, 2.45) is 0 Å². The molecule has 0 atom stereocenters. The molecule has 20 heavy (non-hydrogen) atoms. The molecule has 0 unspecified atom stereocenters. The van der Waals surface area contributed by atoms with Gasteiger partial charge in [0.2, 0.25) is 0 Å². The van der Waals surface area contributed by atoms with Crippen molar-refractivity contribution in [1.29, 1.82) is 0 Å². The first-order valence-electron chi connectivity index (χ1n) is 4.73. The van der Waals surface area contributed by atoms with E-state index >= 15 is 0 Å². The molecular formula is C8H2N4O8. The Morgan fingerprint density at radius 2 is 0.850 bits per heavy atom. The first-order valence-corrected chi connectivity index (χ1v) is 4.73. The van der Waals surface area contributed by atoms with Gasteiger partial charge in [-0.05, 0) is 0 Å². The van der Waals surface area contributed by atoms with Crippen LogP contribution in [0.3, 0.4) is 0 Å². The van der Waals surface area contributed by atoms with Gasteiger partial charge in [0.15, 0.2) is 0 Å². The number of barbiturate groups is 2. The van der Waals surface area contributed by atoms with Gasteiger partial charge in [-0.15, -0.1) is 10.0 Å². The number of nitrogens with zero attached hydrogens (tertiary/aromatic N) is 2. The lowest BCUT2D eigenvalue weighted by Gasteiger charge is -2.33. The highest BCUT2D eigenvalue weighted by Gasteiger charge is 2.51. The van der Waals surface area contributed by atoms with E-state index in [-0.39, 0.29) is 10.0 Å². The number of urea groups is 2. The largest absolute Gasteiger partial charge is 0.351 e. The van der Waals surface area contributed by atoms with Gasteiger partial charge in [0.25, 0.3) is 0 Å². The van der Waals surface area contributed by atoms with Crippen molar-refractivity contribution in [2.75, 3.05) is 0 Å². The lowest BCUT2D eigenvalue weighted by molar-refractivity contribution is -0.165. The highest BCUT2D eigenvalue weighted by atomic mass is 16.3. The van der Waals surface area contributed by atoms with Crippen LogP contribution in [0.25, 0.3) is 0 Å². The average molecular weight is 282 g/mol. The maximum absolute atomic E-state index is 11.4. The Morgan fingerprint density at radius 3 is 1.15 bits per heavy atom. The summed E-state index contributed by atoms with van der Waals surface area (Å²) in [5, 5.41) is 2.08. The molecule has 0 saturated carbocycles. The van der Waals surface area contributed by atoms with Crippen molar-refractivity contribution in [3.05, 3.63) is 0 Å². The third-order valence-electron chi connectivity index (χ3n) is 2.21. The van der Waals surface area contributed by atoms with Crippen LogP contribution in [0, 0.1) is 0 Å². The van der Waals surface area contributed by atoms with Gasteiger partial charge in [-0.25, -0.2) is 9.59 Å². The van der Waals surface area contributed by atoms with Crippen molar-refractivity contribution in [3.63, 3.8) is 0 Å². The van der Waals surface area contributed by atoms with E-state index in [2.05, 4.69) is 0 Å². The van der Waals surface area contributed by atoms with Crippen LogP contribution >= 0.6 is 0 Å². The number of hydrogen-bond acceptors (Lipinski definition) is 8. The van der Waals surface area contributed by atoms with Gasteiger partial charge < -0.3 is 0 Å². The van der Waals surface area contributed by atoms with Crippen molar-refractivity contribution >= 4 is 47.3 Å². The highest BCUT2D eigenvalue weighted by molar-refractivity contribution is 6.69. The molecule has 0 spiro atoms. The molecule has 8 amide bonds. The van der Waals surface area contributed by atoms with E-state index in [1.807, 2.05) is 0 Å². The number of hydrazine groups is 1. The number of rotatable bonds is 1. The summed E-state index contributed by atoms with van der Waals surface area (Å²) >= 11 is 0. The second-order valence-corrected chi connectivity index (χ2v) is 3.41. The molecule has 0 aromatic heterocycles. The first kappa shape index (κ1) is 13.0. The van der Waals surface area contributed by atoms with Crippen LogP contribution < -0.4 is 10.6 Å². The van der Waals surface area contributed by atoms with Gasteiger partial charge in [0.05, 0.1) is 0 Å². The Labute approximate surface area is 107 Å². The molecule has 12 heteroatoms. The zero-order chi connectivity index (χ0) is 15.2. The summed E-state index contributed by atoms with van der Waals surface area (Å²) in [4.78, 5) is 89.6. The third kappa shape index (κ3) is 1.63. The fraction of sp³-hybridized carbons (Fsp3) is 0. The predicted octanol–water partition coefficient (Wildman–Crippen LogP) is -3.80. The van der Waals surface area contributed by atoms with Crippen molar-refractivity contribution in [1.82, 2.24) is 20.7 Å². The molecule has 0 aromatic carbocycles. The Morgan fingerprint density at radius 1 is 0.550 bits per heavy atom. The van der Waals surface area contributed by atoms with Crippen LogP contribution in [-0.4, -0.2) is 57.3 Å². The van der Waals surface area contributed by atoms with E-state index in [4.69, 9.17) is 0 Å². The van der Waals surface area contributed by atoms with Crippen molar-refractivity contribution < 1.29 is 38.4 Å². The van der Waals surface area contributed by atoms with E-state index in [1.54, 1.807) is 0 Å². The molecule has 0 aromatic rings. The maximum atomic E-state index is 11.4. The summed E-state index contributed by atoms with van der Waals surface area (Å²) in [6.07, 6.45) is 0. The number of hydrogen-bond donors (Lipinski definition) is 2. The molecule has 0 radical (unpaired) electrons. The summed E-state index contributed by atoms with van der Waals surface area (Å²) in [6, 6.07) is -3.18. The number of amides is 8. The van der Waals surface area contributed by atoms with Gasteiger partial charge in [0.1, 0.15) is 0 Å². The van der Waals surface area contributed by atoms with E-state index < -0.39 is 47.3 Å². The summed E-state index contributed by atoms with van der Waals surface area (Å²) in [6.45, 7) is 0. The molecule has 102 valence electrons. The Hall–Kier alpha value is -3.44. The predicted molar refractivity (Wildman–Crippen MR) is 50.8 cm³/mol. The molecular weight excluding hydrogens is 280 g/mol. The Kier molecular flexibility index (Phi) is 2.63. The molecule has 2 heterocycles. The maximum Gasteiger partial charge on any atom is 0.351 e. The minimum atomic E-state index is -1.82. The second kappa shape index (κ2) is 4.04. The molecule has 2 saturated heterocycles. The van der Waals surface area contributed by atoms with E-state index in [1.165, 1.54) is 10.6 Å². The molecule has 2 N–H and O–H groups in total. The van der Waals surface area contributed by atoms with Crippen LogP contribution in [0.2, 0.25) is 0 Å². The molecule has 2 rings (SSSR count). The van der Waals surface area contributed by atoms with Gasteiger partial charge >= 0.3 is 47.3 Å². The van der Waals surface area contributed by atoms with Crippen LogP contribution in [-0.2, 0) is 28.8 Å². The number of Topliss-reactive ketones (excluding diaryl/α,β-unsaturated/α-hetero) is 2. The molecule has 12 nitrogen and oxygen atoms in total. The third-order valence-corrected chi connectivity index (χ3v) is 2.21. The monoisotopic (exact) mass is 282 g/mol. The number of carbonyl (C=O) groups excluding carboxylic acids is 8. The average Bonchev–Trinajstić information content (AvgIpc) is 2.37. The van der Waals surface area contributed by atoms with Gasteiger partial charge in [0, 0.05) is 0 Å². The zero-order valence-electron chi connectivity index (χ0n) is 9.16. The SMILES string of the molecule is O=C1NC(=O)N(N2C(=O)NC(=O)C(=O)C2=O)C(=O)C1=O. The standard InChI is InChI=1S/C8H2N4O8/c13-1-3(15)9-7(19)11(5(1)17)12-6(18)2(14)4(16)10-8(12)20/h(H,9,15,19)(H,10,16,20). The Bertz CT molecular complexity index is 593. The summed E-state index contributed by atoms with van der Waals surface area (Å²) < 4.78 is 0. The fourth-order valence-electron chi connectivity index (χ4n) is 1.35. The zero-order valence-corrected chi connectivity index (χ0v) is 9.16. The normalized spacial score (nSPS) is 20.4. The fourth-order valence-corrected chi connectivity index (χ4v) is 1.35. The van der Waals surface area contributed by atoms with Crippen molar-refractivity contribution in [2.45, 2.75) is 0 Å². The van der Waals surface area contributed by atoms with Crippen LogP contribution in [0.15, 0.2) is 0 Å². The minimum Gasteiger partial charge on any atom is -0.277 e. The van der Waals surface area contributed by atoms with Gasteiger partial charge in [-0.1, -0.05) is 0 Å². The summed E-state index contributed by atoms with van der Waals surface area (Å²) in [5.41, 5.74) is 0. The molecule has 2 aliphatic rings. The number of ketones is 2. The topological polar surface area (TPSA) is 167 Å². The van der Waals surface area contributed by atoms with Crippen LogP contribution in [0.5, 0.6) is 0 Å². The minimum absolute atomic E-state index is 0.342. The van der Waals surface area contributed by atoms with E-state index in [0.29, 0.717) is 0 Å². The lowest BCUT2D eigenvalue weighted by atomic mass is 10.2. The van der Waals surface area contributed by atoms with E-state index in [0.717, 1.165) is 0 Å². The molecule has 0 bridgehead atoms. The quantitative estimate of drug-likeness (QED) is 0.461. The van der Waals surface area contributed by atoms with Crippen LogP contribution in [0.4, 0.5) is 9.59 Å². The molecule has 2 fully saturated rings. The van der Waals surface area contributed by atoms with Crippen molar-refractivity contribution in [3.8, 4) is 0 Å². The van der Waals surface area contributed by atoms with E-state index in [9.17, 15) is 38.4 Å².